The topological polar surface area (TPSA) is 83.7 Å². The monoisotopic (exact) mass is 393 g/mol. The Morgan fingerprint density at radius 3 is 2.08 bits per heavy atom. The van der Waals surface area contributed by atoms with Gasteiger partial charge in [-0.15, -0.1) is 12.4 Å². The highest BCUT2D eigenvalue weighted by molar-refractivity contribution is 7.88. The molecule has 0 radical (unpaired) electrons. The third kappa shape index (κ3) is 4.49. The van der Waals surface area contributed by atoms with Crippen molar-refractivity contribution in [2.24, 2.45) is 23.5 Å². The molecule has 1 amide bonds. The van der Waals surface area contributed by atoms with Crippen molar-refractivity contribution in [3.63, 3.8) is 0 Å². The van der Waals surface area contributed by atoms with E-state index in [1.165, 1.54) is 29.8 Å². The number of hydrogen-bond acceptors (Lipinski definition) is 4. The molecule has 2 N–H and O–H groups in total. The molecule has 0 aromatic heterocycles. The number of carbonyl (C=O) groups excluding carboxylic acids is 1. The molecule has 2 saturated carbocycles. The first-order valence-corrected chi connectivity index (χ1v) is 11.1. The Labute approximate surface area is 157 Å². The highest BCUT2D eigenvalue weighted by atomic mass is 35.5. The molecule has 8 heteroatoms. The molecular weight excluding hydrogens is 362 g/mol. The van der Waals surface area contributed by atoms with E-state index in [4.69, 9.17) is 5.73 Å². The average Bonchev–Trinajstić information content (AvgIpc) is 2.52. The molecule has 2 aliphatic carbocycles. The van der Waals surface area contributed by atoms with Crippen LogP contribution in [0.4, 0.5) is 0 Å². The van der Waals surface area contributed by atoms with E-state index < -0.39 is 10.0 Å². The van der Waals surface area contributed by atoms with Crippen LogP contribution in [0.15, 0.2) is 0 Å². The van der Waals surface area contributed by atoms with Gasteiger partial charge in [0.1, 0.15) is 0 Å². The maximum Gasteiger partial charge on any atom is 0.225 e. The number of piperidine rings is 1. The van der Waals surface area contributed by atoms with Crippen molar-refractivity contribution in [2.45, 2.75) is 57.0 Å². The number of nitrogens with two attached hydrogens (primary N) is 1. The average molecular weight is 394 g/mol. The lowest BCUT2D eigenvalue weighted by molar-refractivity contribution is -0.140. The maximum absolute atomic E-state index is 12.9. The third-order valence-electron chi connectivity index (χ3n) is 6.58. The van der Waals surface area contributed by atoms with E-state index >= 15 is 0 Å². The molecule has 2 bridgehead atoms. The quantitative estimate of drug-likeness (QED) is 0.786. The largest absolute Gasteiger partial charge is 0.342 e. The van der Waals surface area contributed by atoms with Gasteiger partial charge in [0.15, 0.2) is 0 Å². The van der Waals surface area contributed by atoms with Crippen LogP contribution in [-0.2, 0) is 14.8 Å². The van der Waals surface area contributed by atoms with Gasteiger partial charge in [0.2, 0.25) is 15.9 Å². The van der Waals surface area contributed by atoms with Crippen LogP contribution >= 0.6 is 12.4 Å². The molecule has 3 fully saturated rings. The molecule has 1 heterocycles. The number of rotatable bonds is 3. The third-order valence-corrected chi connectivity index (χ3v) is 7.92. The lowest BCUT2D eigenvalue weighted by atomic mass is 9.65. The number of amides is 1. The minimum Gasteiger partial charge on any atom is -0.342 e. The Bertz CT molecular complexity index is 564. The van der Waals surface area contributed by atoms with Crippen molar-refractivity contribution in [1.29, 1.82) is 0 Å². The molecule has 0 aromatic carbocycles. The second-order valence-corrected chi connectivity index (χ2v) is 10.1. The predicted molar refractivity (Wildman–Crippen MR) is 101 cm³/mol. The fraction of sp³-hybridized carbons (Fsp3) is 0.941. The lowest BCUT2D eigenvalue weighted by Gasteiger charge is -2.45. The summed E-state index contributed by atoms with van der Waals surface area (Å²) in [6, 6.07) is 0.306. The highest BCUT2D eigenvalue weighted by Crippen LogP contribution is 2.42. The van der Waals surface area contributed by atoms with Gasteiger partial charge in [-0.25, -0.2) is 12.7 Å². The fourth-order valence-electron chi connectivity index (χ4n) is 4.97. The first-order valence-electron chi connectivity index (χ1n) is 9.24. The number of nitrogens with zero attached hydrogens (tertiary/aromatic N) is 2. The van der Waals surface area contributed by atoms with Crippen LogP contribution in [0.1, 0.15) is 44.9 Å². The number of sulfonamides is 1. The van der Waals surface area contributed by atoms with Crippen molar-refractivity contribution in [1.82, 2.24) is 9.21 Å². The second kappa shape index (κ2) is 8.11. The molecule has 3 rings (SSSR count). The van der Waals surface area contributed by atoms with Crippen molar-refractivity contribution >= 4 is 28.3 Å². The van der Waals surface area contributed by atoms with E-state index in [0.717, 1.165) is 25.7 Å². The Kier molecular flexibility index (Phi) is 6.79. The summed E-state index contributed by atoms with van der Waals surface area (Å²) < 4.78 is 24.8. The molecule has 25 heavy (non-hydrogen) atoms. The zero-order chi connectivity index (χ0) is 17.5. The zero-order valence-electron chi connectivity index (χ0n) is 15.3. The number of carbonyl (C=O) groups is 1. The molecule has 3 aliphatic rings. The number of likely N-dealkylation sites (tertiary alicyclic amines) is 1. The van der Waals surface area contributed by atoms with E-state index in [0.29, 0.717) is 24.9 Å². The van der Waals surface area contributed by atoms with Gasteiger partial charge in [-0.2, -0.15) is 0 Å². The Morgan fingerprint density at radius 1 is 1.08 bits per heavy atom. The van der Waals surface area contributed by atoms with E-state index in [1.807, 2.05) is 4.90 Å². The van der Waals surface area contributed by atoms with Gasteiger partial charge in [-0.3, -0.25) is 4.79 Å². The van der Waals surface area contributed by atoms with Crippen LogP contribution in [0.25, 0.3) is 0 Å². The number of halogens is 1. The van der Waals surface area contributed by atoms with Crippen molar-refractivity contribution < 1.29 is 13.2 Å². The van der Waals surface area contributed by atoms with Gasteiger partial charge in [-0.1, -0.05) is 6.42 Å². The molecule has 0 spiro atoms. The van der Waals surface area contributed by atoms with Crippen molar-refractivity contribution in [3.8, 4) is 0 Å². The summed E-state index contributed by atoms with van der Waals surface area (Å²) in [5, 5.41) is 0. The highest BCUT2D eigenvalue weighted by Gasteiger charge is 2.42. The first-order chi connectivity index (χ1) is 11.3. The number of fused-ring (bicyclic) bond motifs is 2. The zero-order valence-corrected chi connectivity index (χ0v) is 16.9. The summed E-state index contributed by atoms with van der Waals surface area (Å²) in [6.45, 7) is 1.34. The van der Waals surface area contributed by atoms with E-state index in [9.17, 15) is 13.2 Å². The SMILES string of the molecule is CN(C1CCN(C(=O)C2CC3CCCC(C2)C3N)CC1)S(C)(=O)=O.Cl. The van der Waals surface area contributed by atoms with Crippen molar-refractivity contribution in [2.75, 3.05) is 26.4 Å². The van der Waals surface area contributed by atoms with Crippen molar-refractivity contribution in [3.05, 3.63) is 0 Å². The van der Waals surface area contributed by atoms with Gasteiger partial charge in [0, 0.05) is 38.1 Å². The maximum atomic E-state index is 12.9. The van der Waals surface area contributed by atoms with Crippen LogP contribution in [0, 0.1) is 17.8 Å². The predicted octanol–water partition coefficient (Wildman–Crippen LogP) is 1.44. The van der Waals surface area contributed by atoms with Crippen LogP contribution in [0.2, 0.25) is 0 Å². The molecule has 0 aromatic rings. The fourth-order valence-corrected chi connectivity index (χ4v) is 5.72. The van der Waals surface area contributed by atoms with Gasteiger partial charge >= 0.3 is 0 Å². The Morgan fingerprint density at radius 2 is 1.60 bits per heavy atom. The smallest absolute Gasteiger partial charge is 0.225 e. The van der Waals surface area contributed by atoms with Crippen LogP contribution < -0.4 is 5.73 Å². The van der Waals surface area contributed by atoms with Gasteiger partial charge in [-0.05, 0) is 50.4 Å². The molecule has 2 unspecified atom stereocenters. The van der Waals surface area contributed by atoms with Gasteiger partial charge in [0.05, 0.1) is 6.26 Å². The van der Waals surface area contributed by atoms with Crippen LogP contribution in [-0.4, -0.2) is 62.0 Å². The molecule has 1 aliphatic heterocycles. The number of hydrogen-bond donors (Lipinski definition) is 1. The summed E-state index contributed by atoms with van der Waals surface area (Å²) in [6.07, 6.45) is 8.19. The molecule has 6 nitrogen and oxygen atoms in total. The molecule has 146 valence electrons. The first kappa shape index (κ1) is 20.9. The Balaban J connectivity index is 0.00000225. The summed E-state index contributed by atoms with van der Waals surface area (Å²) >= 11 is 0. The van der Waals surface area contributed by atoms with Crippen LogP contribution in [0.5, 0.6) is 0 Å². The van der Waals surface area contributed by atoms with Crippen LogP contribution in [0.3, 0.4) is 0 Å². The lowest BCUT2D eigenvalue weighted by Crippen LogP contribution is -2.52. The minimum absolute atomic E-state index is 0. The summed E-state index contributed by atoms with van der Waals surface area (Å²) in [4.78, 5) is 14.9. The molecule has 1 saturated heterocycles. The Hall–Kier alpha value is -0.370. The summed E-state index contributed by atoms with van der Waals surface area (Å²) in [5.74, 6) is 1.43. The summed E-state index contributed by atoms with van der Waals surface area (Å²) in [7, 11) is -1.52. The van der Waals surface area contributed by atoms with Gasteiger partial charge in [0.25, 0.3) is 0 Å². The second-order valence-electron chi connectivity index (χ2n) is 8.03. The van der Waals surface area contributed by atoms with E-state index in [2.05, 4.69) is 0 Å². The summed E-state index contributed by atoms with van der Waals surface area (Å²) in [5.41, 5.74) is 6.33. The minimum atomic E-state index is -3.16. The van der Waals surface area contributed by atoms with E-state index in [1.54, 1.807) is 7.05 Å². The molecular formula is C17H32ClN3O3S. The van der Waals surface area contributed by atoms with Gasteiger partial charge < -0.3 is 10.6 Å². The molecule has 2 atom stereocenters. The standard InChI is InChI=1S/C17H31N3O3S.ClH/c1-19(24(2,22)23)15-6-8-20(9-7-15)17(21)14-10-12-4-3-5-13(11-14)16(12)18;/h12-16H,3-11,18H2,1-2H3;1H. The normalized spacial score (nSPS) is 33.8. The van der Waals surface area contributed by atoms with E-state index in [-0.39, 0.29) is 36.3 Å².